The molecule has 0 radical (unpaired) electrons. The fraction of sp³-hybridized carbons (Fsp3) is 0.222. The molecule has 0 aliphatic heterocycles. The number of hydrogen-bond acceptors (Lipinski definition) is 6. The van der Waals surface area contributed by atoms with Crippen LogP contribution in [-0.4, -0.2) is 15.0 Å². The molecule has 0 aromatic carbocycles. The molecule has 0 bridgehead atoms. The molecule has 0 spiro atoms. The van der Waals surface area contributed by atoms with Crippen molar-refractivity contribution in [1.82, 2.24) is 15.0 Å². The number of hydrogen-bond donors (Lipinski definition) is 2. The van der Waals surface area contributed by atoms with Gasteiger partial charge in [-0.3, -0.25) is 0 Å². The molecule has 7 heteroatoms. The predicted octanol–water partition coefficient (Wildman–Crippen LogP) is 2.45. The maximum Gasteiger partial charge on any atom is 0.226 e. The zero-order chi connectivity index (χ0) is 11.5. The summed E-state index contributed by atoms with van der Waals surface area (Å²) in [4.78, 5) is 12.5. The van der Waals surface area contributed by atoms with Crippen molar-refractivity contribution in [3.63, 3.8) is 0 Å². The number of anilines is 2. The first kappa shape index (κ1) is 11.3. The SMILES string of the molecule is CC(Nc1nc(N)cc(Br)n1)c1nccs1. The second kappa shape index (κ2) is 4.75. The Hall–Kier alpha value is -1.21. The summed E-state index contributed by atoms with van der Waals surface area (Å²) in [5.74, 6) is 0.922. The van der Waals surface area contributed by atoms with Gasteiger partial charge >= 0.3 is 0 Å². The fourth-order valence-corrected chi connectivity index (χ4v) is 2.25. The van der Waals surface area contributed by atoms with Crippen LogP contribution in [-0.2, 0) is 0 Å². The van der Waals surface area contributed by atoms with Crippen LogP contribution in [0, 0.1) is 0 Å². The average molecular weight is 300 g/mol. The molecule has 84 valence electrons. The lowest BCUT2D eigenvalue weighted by Crippen LogP contribution is -2.10. The van der Waals surface area contributed by atoms with E-state index in [1.54, 1.807) is 23.6 Å². The molecule has 5 nitrogen and oxygen atoms in total. The first-order valence-corrected chi connectivity index (χ1v) is 6.28. The summed E-state index contributed by atoms with van der Waals surface area (Å²) < 4.78 is 0.661. The lowest BCUT2D eigenvalue weighted by molar-refractivity contribution is 0.847. The van der Waals surface area contributed by atoms with Crippen LogP contribution in [0.2, 0.25) is 0 Å². The van der Waals surface area contributed by atoms with Crippen molar-refractivity contribution in [3.05, 3.63) is 27.3 Å². The summed E-state index contributed by atoms with van der Waals surface area (Å²) in [5, 5.41) is 6.06. The van der Waals surface area contributed by atoms with Crippen LogP contribution in [0.15, 0.2) is 22.2 Å². The van der Waals surface area contributed by atoms with E-state index in [1.165, 1.54) is 0 Å². The lowest BCUT2D eigenvalue weighted by Gasteiger charge is -2.11. The topological polar surface area (TPSA) is 76.7 Å². The largest absolute Gasteiger partial charge is 0.383 e. The standard InChI is InChI=1S/C9H10BrN5S/c1-5(8-12-2-3-16-8)13-9-14-6(10)4-7(11)15-9/h2-5H,1H3,(H3,11,13,14,15). The summed E-state index contributed by atoms with van der Waals surface area (Å²) in [6.45, 7) is 2.00. The van der Waals surface area contributed by atoms with E-state index in [2.05, 4.69) is 36.2 Å². The number of aromatic nitrogens is 3. The maximum absolute atomic E-state index is 5.62. The molecule has 0 saturated carbocycles. The van der Waals surface area contributed by atoms with E-state index in [0.29, 0.717) is 16.4 Å². The Kier molecular flexibility index (Phi) is 3.35. The molecule has 16 heavy (non-hydrogen) atoms. The van der Waals surface area contributed by atoms with Crippen molar-refractivity contribution in [2.24, 2.45) is 0 Å². The first-order valence-electron chi connectivity index (χ1n) is 4.61. The number of nitrogen functional groups attached to an aromatic ring is 1. The normalized spacial score (nSPS) is 12.4. The average Bonchev–Trinajstić information content (AvgIpc) is 2.68. The summed E-state index contributed by atoms with van der Waals surface area (Å²) in [7, 11) is 0. The molecule has 2 aromatic heterocycles. The predicted molar refractivity (Wildman–Crippen MR) is 68.3 cm³/mol. The Labute approximate surface area is 105 Å². The van der Waals surface area contributed by atoms with Crippen molar-refractivity contribution in [1.29, 1.82) is 0 Å². The van der Waals surface area contributed by atoms with Crippen LogP contribution in [0.5, 0.6) is 0 Å². The van der Waals surface area contributed by atoms with Gasteiger partial charge in [-0.2, -0.15) is 4.98 Å². The highest BCUT2D eigenvalue weighted by atomic mass is 79.9. The van der Waals surface area contributed by atoms with E-state index >= 15 is 0 Å². The Morgan fingerprint density at radius 3 is 2.94 bits per heavy atom. The van der Waals surface area contributed by atoms with E-state index in [1.807, 2.05) is 12.3 Å². The third-order valence-corrected chi connectivity index (χ3v) is 3.25. The third-order valence-electron chi connectivity index (χ3n) is 1.88. The number of nitrogens with zero attached hydrogens (tertiary/aromatic N) is 3. The van der Waals surface area contributed by atoms with Gasteiger partial charge in [0.2, 0.25) is 5.95 Å². The number of rotatable bonds is 3. The molecule has 2 rings (SSSR count). The van der Waals surface area contributed by atoms with E-state index < -0.39 is 0 Å². The Morgan fingerprint density at radius 2 is 2.31 bits per heavy atom. The van der Waals surface area contributed by atoms with Crippen LogP contribution < -0.4 is 11.1 Å². The number of nitrogens with one attached hydrogen (secondary N) is 1. The summed E-state index contributed by atoms with van der Waals surface area (Å²) in [6, 6.07) is 1.72. The lowest BCUT2D eigenvalue weighted by atomic mass is 10.4. The number of nitrogens with two attached hydrogens (primary N) is 1. The van der Waals surface area contributed by atoms with Gasteiger partial charge in [0.15, 0.2) is 0 Å². The Morgan fingerprint density at radius 1 is 1.50 bits per heavy atom. The van der Waals surface area contributed by atoms with Gasteiger partial charge in [0.1, 0.15) is 15.4 Å². The zero-order valence-corrected chi connectivity index (χ0v) is 10.9. The molecule has 1 unspecified atom stereocenters. The highest BCUT2D eigenvalue weighted by Gasteiger charge is 2.09. The van der Waals surface area contributed by atoms with Gasteiger partial charge in [-0.15, -0.1) is 11.3 Å². The van der Waals surface area contributed by atoms with Crippen LogP contribution in [0.25, 0.3) is 0 Å². The van der Waals surface area contributed by atoms with Crippen molar-refractivity contribution in [2.75, 3.05) is 11.1 Å². The van der Waals surface area contributed by atoms with Crippen molar-refractivity contribution < 1.29 is 0 Å². The zero-order valence-electron chi connectivity index (χ0n) is 8.51. The Balaban J connectivity index is 2.15. The van der Waals surface area contributed by atoms with E-state index in [-0.39, 0.29) is 6.04 Å². The van der Waals surface area contributed by atoms with Gasteiger partial charge < -0.3 is 11.1 Å². The summed E-state index contributed by atoms with van der Waals surface area (Å²) >= 11 is 4.85. The molecule has 0 saturated heterocycles. The molecule has 0 amide bonds. The summed E-state index contributed by atoms with van der Waals surface area (Å²) in [5.41, 5.74) is 5.62. The monoisotopic (exact) mass is 299 g/mol. The second-order valence-electron chi connectivity index (χ2n) is 3.18. The van der Waals surface area contributed by atoms with Crippen LogP contribution in [0.3, 0.4) is 0 Å². The highest BCUT2D eigenvalue weighted by Crippen LogP contribution is 2.20. The van der Waals surface area contributed by atoms with Gasteiger partial charge in [-0.25, -0.2) is 9.97 Å². The molecule has 2 heterocycles. The smallest absolute Gasteiger partial charge is 0.226 e. The van der Waals surface area contributed by atoms with Gasteiger partial charge in [-0.1, -0.05) is 0 Å². The molecular formula is C9H10BrN5S. The van der Waals surface area contributed by atoms with E-state index in [4.69, 9.17) is 5.73 Å². The van der Waals surface area contributed by atoms with Crippen LogP contribution in [0.4, 0.5) is 11.8 Å². The minimum absolute atomic E-state index is 0.0636. The van der Waals surface area contributed by atoms with Gasteiger partial charge in [-0.05, 0) is 22.9 Å². The molecule has 2 aromatic rings. The molecule has 0 fully saturated rings. The highest BCUT2D eigenvalue weighted by molar-refractivity contribution is 9.10. The van der Waals surface area contributed by atoms with Crippen LogP contribution in [0.1, 0.15) is 18.0 Å². The van der Waals surface area contributed by atoms with Crippen LogP contribution >= 0.6 is 27.3 Å². The van der Waals surface area contributed by atoms with Crippen molar-refractivity contribution in [3.8, 4) is 0 Å². The molecule has 1 atom stereocenters. The maximum atomic E-state index is 5.62. The van der Waals surface area contributed by atoms with E-state index in [9.17, 15) is 0 Å². The van der Waals surface area contributed by atoms with Gasteiger partial charge in [0.25, 0.3) is 0 Å². The second-order valence-corrected chi connectivity index (χ2v) is 4.91. The molecule has 0 aliphatic rings. The minimum atomic E-state index is 0.0636. The molecule has 3 N–H and O–H groups in total. The Bertz CT molecular complexity index is 453. The fourth-order valence-electron chi connectivity index (χ4n) is 1.20. The molecular weight excluding hydrogens is 290 g/mol. The molecule has 0 aliphatic carbocycles. The first-order chi connectivity index (χ1) is 7.65. The van der Waals surface area contributed by atoms with E-state index in [0.717, 1.165) is 5.01 Å². The number of halogens is 1. The van der Waals surface area contributed by atoms with Gasteiger partial charge in [0, 0.05) is 17.6 Å². The summed E-state index contributed by atoms with van der Waals surface area (Å²) in [6.07, 6.45) is 1.77. The van der Waals surface area contributed by atoms with Gasteiger partial charge in [0.05, 0.1) is 6.04 Å². The number of thiazole rings is 1. The minimum Gasteiger partial charge on any atom is -0.383 e. The van der Waals surface area contributed by atoms with Crippen molar-refractivity contribution in [2.45, 2.75) is 13.0 Å². The third kappa shape index (κ3) is 2.67. The quantitative estimate of drug-likeness (QED) is 0.851. The van der Waals surface area contributed by atoms with Crippen molar-refractivity contribution >= 4 is 39.0 Å².